The molecule has 160 valence electrons. The summed E-state index contributed by atoms with van der Waals surface area (Å²) in [5.74, 6) is -0.260. The van der Waals surface area contributed by atoms with Crippen molar-refractivity contribution in [3.05, 3.63) is 88.7 Å². The van der Waals surface area contributed by atoms with Crippen LogP contribution in [0.15, 0.2) is 66.7 Å². The van der Waals surface area contributed by atoms with Crippen molar-refractivity contribution in [2.75, 3.05) is 24.4 Å². The van der Waals surface area contributed by atoms with Crippen molar-refractivity contribution >= 4 is 32.9 Å². The predicted octanol–water partition coefficient (Wildman–Crippen LogP) is 6.03. The highest BCUT2D eigenvalue weighted by Gasteiger charge is 2.13. The Labute approximate surface area is 186 Å². The van der Waals surface area contributed by atoms with Crippen molar-refractivity contribution < 1.29 is 9.13 Å². The zero-order valence-electron chi connectivity index (χ0n) is 17.7. The summed E-state index contributed by atoms with van der Waals surface area (Å²) in [7, 11) is 1.73. The number of hydrogen-bond donors (Lipinski definition) is 2. The molecular weight excluding hydrogens is 409 g/mol. The highest BCUT2D eigenvalue weighted by molar-refractivity contribution is 7.18. The Kier molecular flexibility index (Phi) is 6.79. The van der Waals surface area contributed by atoms with E-state index in [9.17, 15) is 4.39 Å². The van der Waals surface area contributed by atoms with Gasteiger partial charge < -0.3 is 15.4 Å². The molecule has 0 radical (unpaired) electrons. The maximum Gasteiger partial charge on any atom is 0.125 e. The number of nitrogens with one attached hydrogen (secondary N) is 2. The maximum atomic E-state index is 13.4. The van der Waals surface area contributed by atoms with Gasteiger partial charge in [0.15, 0.2) is 0 Å². The van der Waals surface area contributed by atoms with Gasteiger partial charge in [0, 0.05) is 13.2 Å². The minimum atomic E-state index is -0.260. The summed E-state index contributed by atoms with van der Waals surface area (Å²) >= 11 is 1.58. The lowest BCUT2D eigenvalue weighted by molar-refractivity contribution is 0.185. The number of aromatic nitrogens is 1. The van der Waals surface area contributed by atoms with Gasteiger partial charge in [-0.1, -0.05) is 42.0 Å². The van der Waals surface area contributed by atoms with Gasteiger partial charge in [0.2, 0.25) is 0 Å². The molecule has 0 saturated heterocycles. The van der Waals surface area contributed by atoms with Crippen LogP contribution in [0.2, 0.25) is 0 Å². The molecule has 4 rings (SSSR count). The summed E-state index contributed by atoms with van der Waals surface area (Å²) in [5.41, 5.74) is 5.24. The van der Waals surface area contributed by atoms with Gasteiger partial charge in [0.25, 0.3) is 0 Å². The third-order valence-electron chi connectivity index (χ3n) is 5.08. The average molecular weight is 436 g/mol. The standard InChI is InChI=1S/C25H26FN3OS/c1-17-7-9-18(10-8-17)13-20(16-30-2)28-22-6-4-3-5-21(22)27-15-25-29-23-14-19(26)11-12-24(23)31-25/h3-12,14,20,27-28H,13,15-16H2,1-2H3. The Morgan fingerprint density at radius 3 is 2.58 bits per heavy atom. The first-order chi connectivity index (χ1) is 15.1. The van der Waals surface area contributed by atoms with Crippen LogP contribution in [0.5, 0.6) is 0 Å². The molecule has 31 heavy (non-hydrogen) atoms. The summed E-state index contributed by atoms with van der Waals surface area (Å²) < 4.78 is 19.9. The molecule has 0 aliphatic carbocycles. The molecule has 0 fully saturated rings. The van der Waals surface area contributed by atoms with Crippen molar-refractivity contribution in [3.63, 3.8) is 0 Å². The second-order valence-electron chi connectivity index (χ2n) is 7.61. The first-order valence-corrected chi connectivity index (χ1v) is 11.1. The van der Waals surface area contributed by atoms with Crippen LogP contribution < -0.4 is 10.6 Å². The van der Waals surface area contributed by atoms with Crippen LogP contribution in [0.25, 0.3) is 10.2 Å². The molecule has 0 saturated carbocycles. The fourth-order valence-corrected chi connectivity index (χ4v) is 4.43. The van der Waals surface area contributed by atoms with Crippen LogP contribution >= 0.6 is 11.3 Å². The van der Waals surface area contributed by atoms with Gasteiger partial charge in [-0.15, -0.1) is 11.3 Å². The number of anilines is 2. The van der Waals surface area contributed by atoms with E-state index in [4.69, 9.17) is 4.74 Å². The van der Waals surface area contributed by atoms with Crippen LogP contribution in [0.1, 0.15) is 16.1 Å². The number of thiazole rings is 1. The van der Waals surface area contributed by atoms with Crippen LogP contribution in [-0.2, 0) is 17.7 Å². The number of ether oxygens (including phenoxy) is 1. The lowest BCUT2D eigenvalue weighted by atomic mass is 10.0. The molecule has 1 atom stereocenters. The third kappa shape index (κ3) is 5.60. The molecule has 0 aliphatic heterocycles. The second-order valence-corrected chi connectivity index (χ2v) is 8.72. The molecular formula is C25H26FN3OS. The lowest BCUT2D eigenvalue weighted by Gasteiger charge is -2.22. The Morgan fingerprint density at radius 1 is 1.03 bits per heavy atom. The third-order valence-corrected chi connectivity index (χ3v) is 6.12. The van der Waals surface area contributed by atoms with E-state index >= 15 is 0 Å². The van der Waals surface area contributed by atoms with Gasteiger partial charge in [-0.2, -0.15) is 0 Å². The lowest BCUT2D eigenvalue weighted by Crippen LogP contribution is -2.28. The molecule has 3 aromatic carbocycles. The Bertz CT molecular complexity index is 1140. The van der Waals surface area contributed by atoms with Gasteiger partial charge in [-0.05, 0) is 43.2 Å². The van der Waals surface area contributed by atoms with E-state index in [0.29, 0.717) is 18.7 Å². The number of methoxy groups -OCH3 is 1. The van der Waals surface area contributed by atoms with Gasteiger partial charge in [0.1, 0.15) is 10.8 Å². The minimum Gasteiger partial charge on any atom is -0.383 e. The van der Waals surface area contributed by atoms with Crippen LogP contribution in [0.3, 0.4) is 0 Å². The van der Waals surface area contributed by atoms with Crippen LogP contribution in [-0.4, -0.2) is 24.7 Å². The zero-order chi connectivity index (χ0) is 21.6. The van der Waals surface area contributed by atoms with Crippen molar-refractivity contribution in [1.82, 2.24) is 4.98 Å². The first kappa shape index (κ1) is 21.3. The molecule has 0 spiro atoms. The largest absolute Gasteiger partial charge is 0.383 e. The van der Waals surface area contributed by atoms with E-state index in [1.807, 2.05) is 18.2 Å². The summed E-state index contributed by atoms with van der Waals surface area (Å²) in [6.45, 7) is 3.27. The van der Waals surface area contributed by atoms with Gasteiger partial charge >= 0.3 is 0 Å². The van der Waals surface area contributed by atoms with E-state index < -0.39 is 0 Å². The number of rotatable bonds is 9. The number of hydrogen-bond acceptors (Lipinski definition) is 5. The van der Waals surface area contributed by atoms with Crippen molar-refractivity contribution in [3.8, 4) is 0 Å². The SMILES string of the molecule is COCC(Cc1ccc(C)cc1)Nc1ccccc1NCc1nc2cc(F)ccc2s1. The normalized spacial score (nSPS) is 12.1. The predicted molar refractivity (Wildman–Crippen MR) is 128 cm³/mol. The van der Waals surface area contributed by atoms with Gasteiger partial charge in [-0.3, -0.25) is 0 Å². The zero-order valence-corrected chi connectivity index (χ0v) is 18.5. The van der Waals surface area contributed by atoms with Crippen LogP contribution in [0, 0.1) is 12.7 Å². The van der Waals surface area contributed by atoms with E-state index in [0.717, 1.165) is 27.5 Å². The molecule has 4 nitrogen and oxygen atoms in total. The minimum absolute atomic E-state index is 0.140. The number of para-hydroxylation sites is 2. The maximum absolute atomic E-state index is 13.4. The average Bonchev–Trinajstić information content (AvgIpc) is 3.17. The second kappa shape index (κ2) is 9.90. The number of nitrogens with zero attached hydrogens (tertiary/aromatic N) is 1. The summed E-state index contributed by atoms with van der Waals surface area (Å²) in [6, 6.07) is 21.6. The fraction of sp³-hybridized carbons (Fsp3) is 0.240. The Hall–Kier alpha value is -2.96. The van der Waals surface area contributed by atoms with Crippen molar-refractivity contribution in [2.24, 2.45) is 0 Å². The van der Waals surface area contributed by atoms with Crippen molar-refractivity contribution in [1.29, 1.82) is 0 Å². The van der Waals surface area contributed by atoms with E-state index in [1.54, 1.807) is 24.5 Å². The summed E-state index contributed by atoms with van der Waals surface area (Å²) in [4.78, 5) is 4.55. The van der Waals surface area contributed by atoms with E-state index in [1.165, 1.54) is 23.3 Å². The number of benzene rings is 3. The van der Waals surface area contributed by atoms with Crippen molar-refractivity contribution in [2.45, 2.75) is 25.9 Å². The molecule has 1 heterocycles. The molecule has 4 aromatic rings. The van der Waals surface area contributed by atoms with Gasteiger partial charge in [-0.25, -0.2) is 9.37 Å². The Balaban J connectivity index is 1.46. The van der Waals surface area contributed by atoms with E-state index in [2.05, 4.69) is 52.9 Å². The quantitative estimate of drug-likeness (QED) is 0.337. The Morgan fingerprint density at radius 2 is 1.81 bits per heavy atom. The number of halogens is 1. The molecule has 0 aliphatic rings. The van der Waals surface area contributed by atoms with Gasteiger partial charge in [0.05, 0.1) is 40.8 Å². The topological polar surface area (TPSA) is 46.2 Å². The molecule has 1 aromatic heterocycles. The molecule has 2 N–H and O–H groups in total. The number of aryl methyl sites for hydroxylation is 1. The molecule has 6 heteroatoms. The first-order valence-electron chi connectivity index (χ1n) is 10.3. The molecule has 0 bridgehead atoms. The number of fused-ring (bicyclic) bond motifs is 1. The highest BCUT2D eigenvalue weighted by Crippen LogP contribution is 2.26. The fourth-order valence-electron chi connectivity index (χ4n) is 3.54. The molecule has 1 unspecified atom stereocenters. The smallest absolute Gasteiger partial charge is 0.125 e. The monoisotopic (exact) mass is 435 g/mol. The molecule has 0 amide bonds. The van der Waals surface area contributed by atoms with Crippen LogP contribution in [0.4, 0.5) is 15.8 Å². The summed E-state index contributed by atoms with van der Waals surface area (Å²) in [5, 5.41) is 8.02. The summed E-state index contributed by atoms with van der Waals surface area (Å²) in [6.07, 6.45) is 0.867. The highest BCUT2D eigenvalue weighted by atomic mass is 32.1. The van der Waals surface area contributed by atoms with E-state index in [-0.39, 0.29) is 11.9 Å².